The van der Waals surface area contributed by atoms with Crippen LogP contribution in [-0.2, 0) is 4.79 Å². The Hall–Kier alpha value is -0.530. The molecule has 0 bridgehead atoms. The van der Waals surface area contributed by atoms with E-state index < -0.39 is 0 Å². The number of hydrogen-bond acceptors (Lipinski definition) is 1. The third kappa shape index (κ3) is 4.30. The fourth-order valence-electron chi connectivity index (χ4n) is 1.42. The van der Waals surface area contributed by atoms with E-state index in [4.69, 9.17) is 0 Å². The molecular formula is C11H23NO. The van der Waals surface area contributed by atoms with Crippen LogP contribution in [0.25, 0.3) is 0 Å². The summed E-state index contributed by atoms with van der Waals surface area (Å²) in [6.45, 7) is 13.4. The van der Waals surface area contributed by atoms with Crippen LogP contribution in [0.15, 0.2) is 0 Å². The van der Waals surface area contributed by atoms with E-state index in [-0.39, 0.29) is 11.3 Å². The fourth-order valence-corrected chi connectivity index (χ4v) is 1.42. The number of hydrogen-bond donors (Lipinski definition) is 1. The van der Waals surface area contributed by atoms with Gasteiger partial charge in [0.05, 0.1) is 0 Å². The van der Waals surface area contributed by atoms with Gasteiger partial charge in [0, 0.05) is 13.5 Å². The van der Waals surface area contributed by atoms with Crippen LogP contribution in [0.1, 0.15) is 41.5 Å². The van der Waals surface area contributed by atoms with Crippen LogP contribution in [0, 0.1) is 17.3 Å². The summed E-state index contributed by atoms with van der Waals surface area (Å²) in [6, 6.07) is 0. The lowest BCUT2D eigenvalue weighted by Crippen LogP contribution is -2.38. The van der Waals surface area contributed by atoms with Crippen LogP contribution in [0.5, 0.6) is 0 Å². The highest BCUT2D eigenvalue weighted by atomic mass is 16.1. The summed E-state index contributed by atoms with van der Waals surface area (Å²) in [6.07, 6.45) is 0. The molecule has 0 aliphatic rings. The molecule has 0 fully saturated rings. The van der Waals surface area contributed by atoms with Crippen molar-refractivity contribution >= 4 is 5.91 Å². The molecule has 0 spiro atoms. The van der Waals surface area contributed by atoms with E-state index in [0.717, 1.165) is 6.54 Å². The van der Waals surface area contributed by atoms with Gasteiger partial charge in [0.25, 0.3) is 0 Å². The first kappa shape index (κ1) is 12.5. The minimum Gasteiger partial charge on any atom is -0.356 e. The van der Waals surface area contributed by atoms with Gasteiger partial charge < -0.3 is 5.32 Å². The highest BCUT2D eigenvalue weighted by Crippen LogP contribution is 2.31. The maximum absolute atomic E-state index is 10.8. The van der Waals surface area contributed by atoms with Crippen molar-refractivity contribution in [2.45, 2.75) is 41.5 Å². The number of carbonyl (C=O) groups is 1. The van der Waals surface area contributed by atoms with Crippen LogP contribution in [0.3, 0.4) is 0 Å². The van der Waals surface area contributed by atoms with Gasteiger partial charge in [-0.3, -0.25) is 4.79 Å². The summed E-state index contributed by atoms with van der Waals surface area (Å²) >= 11 is 0. The Balaban J connectivity index is 4.13. The zero-order valence-electron chi connectivity index (χ0n) is 9.77. The summed E-state index contributed by atoms with van der Waals surface area (Å²) in [5.74, 6) is 1.33. The van der Waals surface area contributed by atoms with Crippen molar-refractivity contribution in [3.63, 3.8) is 0 Å². The van der Waals surface area contributed by atoms with Crippen LogP contribution in [0.2, 0.25) is 0 Å². The predicted molar refractivity (Wildman–Crippen MR) is 56.5 cm³/mol. The number of rotatable bonds is 4. The van der Waals surface area contributed by atoms with E-state index in [1.807, 2.05) is 0 Å². The molecule has 0 heterocycles. The zero-order chi connectivity index (χ0) is 10.6. The van der Waals surface area contributed by atoms with Crippen LogP contribution in [0.4, 0.5) is 0 Å². The molecule has 78 valence electrons. The molecule has 0 saturated carbocycles. The quantitative estimate of drug-likeness (QED) is 0.716. The number of nitrogens with one attached hydrogen (secondary N) is 1. The Labute approximate surface area is 82.1 Å². The summed E-state index contributed by atoms with van der Waals surface area (Å²) in [5, 5.41) is 2.88. The smallest absolute Gasteiger partial charge is 0.216 e. The maximum atomic E-state index is 10.8. The van der Waals surface area contributed by atoms with Crippen molar-refractivity contribution in [3.05, 3.63) is 0 Å². The molecule has 0 saturated heterocycles. The Kier molecular flexibility index (Phi) is 4.45. The first-order chi connectivity index (χ1) is 5.77. The molecule has 0 radical (unpaired) electrons. The van der Waals surface area contributed by atoms with E-state index >= 15 is 0 Å². The number of carbonyl (C=O) groups excluding carboxylic acids is 1. The van der Waals surface area contributed by atoms with Gasteiger partial charge in [-0.2, -0.15) is 0 Å². The fraction of sp³-hybridized carbons (Fsp3) is 0.909. The summed E-state index contributed by atoms with van der Waals surface area (Å²) in [5.41, 5.74) is 0.180. The molecule has 0 aliphatic carbocycles. The van der Waals surface area contributed by atoms with Crippen molar-refractivity contribution in [2.24, 2.45) is 17.3 Å². The average Bonchev–Trinajstić information content (AvgIpc) is 1.99. The summed E-state index contributed by atoms with van der Waals surface area (Å²) < 4.78 is 0. The lowest BCUT2D eigenvalue weighted by Gasteiger charge is -2.34. The molecule has 1 atom stereocenters. The number of amides is 1. The average molecular weight is 185 g/mol. The molecule has 0 aromatic rings. The molecule has 13 heavy (non-hydrogen) atoms. The molecule has 2 heteroatoms. The first-order valence-electron chi connectivity index (χ1n) is 5.02. The molecule has 1 amide bonds. The largest absolute Gasteiger partial charge is 0.356 e. The third-order valence-corrected chi connectivity index (χ3v) is 3.03. The molecule has 2 nitrogen and oxygen atoms in total. The summed E-state index contributed by atoms with van der Waals surface area (Å²) in [7, 11) is 0. The Morgan fingerprint density at radius 3 is 2.08 bits per heavy atom. The van der Waals surface area contributed by atoms with Gasteiger partial charge in [0.1, 0.15) is 0 Å². The Bertz CT molecular complexity index is 173. The minimum atomic E-state index is 0.0593. The van der Waals surface area contributed by atoms with Crippen molar-refractivity contribution in [1.29, 1.82) is 0 Å². The first-order valence-corrected chi connectivity index (χ1v) is 5.02. The van der Waals surface area contributed by atoms with E-state index in [0.29, 0.717) is 11.8 Å². The highest BCUT2D eigenvalue weighted by Gasteiger charge is 2.27. The Morgan fingerprint density at radius 1 is 1.31 bits per heavy atom. The third-order valence-electron chi connectivity index (χ3n) is 3.03. The topological polar surface area (TPSA) is 29.1 Å². The Morgan fingerprint density at radius 2 is 1.77 bits per heavy atom. The molecule has 0 unspecified atom stereocenters. The van der Waals surface area contributed by atoms with Gasteiger partial charge in [-0.05, 0) is 17.3 Å². The summed E-state index contributed by atoms with van der Waals surface area (Å²) in [4.78, 5) is 10.8. The lowest BCUT2D eigenvalue weighted by molar-refractivity contribution is -0.119. The molecule has 0 aromatic heterocycles. The normalized spacial score (nSPS) is 14.4. The van der Waals surface area contributed by atoms with Gasteiger partial charge >= 0.3 is 0 Å². The van der Waals surface area contributed by atoms with Crippen molar-refractivity contribution in [1.82, 2.24) is 5.32 Å². The van der Waals surface area contributed by atoms with E-state index in [1.54, 1.807) is 6.92 Å². The second-order valence-electron chi connectivity index (χ2n) is 4.93. The van der Waals surface area contributed by atoms with Crippen molar-refractivity contribution in [3.8, 4) is 0 Å². The molecule has 0 rings (SSSR count). The maximum Gasteiger partial charge on any atom is 0.216 e. The molecular weight excluding hydrogens is 162 g/mol. The second-order valence-corrected chi connectivity index (χ2v) is 4.93. The van der Waals surface area contributed by atoms with Gasteiger partial charge in [0.15, 0.2) is 0 Å². The molecule has 0 aliphatic heterocycles. The van der Waals surface area contributed by atoms with Gasteiger partial charge in [-0.15, -0.1) is 0 Å². The highest BCUT2D eigenvalue weighted by molar-refractivity contribution is 5.72. The van der Waals surface area contributed by atoms with Crippen molar-refractivity contribution < 1.29 is 4.79 Å². The monoisotopic (exact) mass is 185 g/mol. The second kappa shape index (κ2) is 4.64. The lowest BCUT2D eigenvalue weighted by atomic mass is 9.74. The SMILES string of the molecule is CC(=O)NCC(C)(C)[C@@H](C)C(C)C. The standard InChI is InChI=1S/C11H23NO/c1-8(2)9(3)11(5,6)7-12-10(4)13/h8-9H,7H2,1-6H3,(H,12,13)/t9-/m0/s1. The van der Waals surface area contributed by atoms with Gasteiger partial charge in [-0.1, -0.05) is 34.6 Å². The molecule has 0 aromatic carbocycles. The predicted octanol–water partition coefficient (Wildman–Crippen LogP) is 2.44. The van der Waals surface area contributed by atoms with Crippen LogP contribution < -0.4 is 5.32 Å². The zero-order valence-corrected chi connectivity index (χ0v) is 9.77. The van der Waals surface area contributed by atoms with E-state index in [2.05, 4.69) is 39.9 Å². The van der Waals surface area contributed by atoms with Gasteiger partial charge in [-0.25, -0.2) is 0 Å². The van der Waals surface area contributed by atoms with E-state index in [9.17, 15) is 4.79 Å². The van der Waals surface area contributed by atoms with Crippen LogP contribution in [-0.4, -0.2) is 12.5 Å². The van der Waals surface area contributed by atoms with Gasteiger partial charge in [0.2, 0.25) is 5.91 Å². The molecule has 1 N–H and O–H groups in total. The minimum absolute atomic E-state index is 0.0593. The van der Waals surface area contributed by atoms with Crippen LogP contribution >= 0.6 is 0 Å². The van der Waals surface area contributed by atoms with E-state index in [1.165, 1.54) is 0 Å². The van der Waals surface area contributed by atoms with Crippen molar-refractivity contribution in [2.75, 3.05) is 6.54 Å².